The van der Waals surface area contributed by atoms with Crippen molar-refractivity contribution in [3.05, 3.63) is 0 Å². The molecule has 3 fully saturated rings. The second kappa shape index (κ2) is 7.13. The van der Waals surface area contributed by atoms with Crippen molar-refractivity contribution >= 4 is 10.0 Å². The van der Waals surface area contributed by atoms with E-state index in [-0.39, 0.29) is 18.2 Å². The number of rotatable bonds is 5. The maximum Gasteiger partial charge on any atom is 0.211 e. The molecule has 0 aromatic heterocycles. The van der Waals surface area contributed by atoms with Gasteiger partial charge in [0.1, 0.15) is 0 Å². The molecule has 3 aliphatic heterocycles. The van der Waals surface area contributed by atoms with Gasteiger partial charge in [-0.15, -0.1) is 0 Å². The van der Waals surface area contributed by atoms with Gasteiger partial charge in [-0.05, 0) is 38.0 Å². The second-order valence-corrected chi connectivity index (χ2v) is 8.63. The van der Waals surface area contributed by atoms with Gasteiger partial charge in [0.05, 0.1) is 31.1 Å². The first-order chi connectivity index (χ1) is 10.5. The van der Waals surface area contributed by atoms with Gasteiger partial charge < -0.3 is 14.2 Å². The van der Waals surface area contributed by atoms with Crippen LogP contribution >= 0.6 is 0 Å². The number of sulfonamides is 1. The first-order valence-corrected chi connectivity index (χ1v) is 10.2. The molecule has 0 spiro atoms. The standard InChI is InChI=1S/C15H27NO5S/c1-22(17,18)16-7-4-15-14(16)3-2-13(21-15)11-20-10-12-5-8-19-9-6-12/h12-15H,2-11H2,1H3/t13-,14+,15+/m1/s1. The van der Waals surface area contributed by atoms with Crippen LogP contribution in [-0.2, 0) is 24.2 Å². The number of hydrogen-bond acceptors (Lipinski definition) is 5. The minimum atomic E-state index is -3.11. The zero-order chi connectivity index (χ0) is 15.6. The zero-order valence-corrected chi connectivity index (χ0v) is 14.1. The van der Waals surface area contributed by atoms with E-state index in [0.717, 1.165) is 51.9 Å². The summed E-state index contributed by atoms with van der Waals surface area (Å²) in [6, 6.07) is 0.0294. The molecule has 3 aliphatic rings. The number of ether oxygens (including phenoxy) is 3. The van der Waals surface area contributed by atoms with Crippen LogP contribution in [0.1, 0.15) is 32.1 Å². The van der Waals surface area contributed by atoms with E-state index in [4.69, 9.17) is 14.2 Å². The Bertz CT molecular complexity index is 463. The molecule has 0 aromatic carbocycles. The lowest BCUT2D eigenvalue weighted by atomic mass is 10.00. The maximum atomic E-state index is 11.8. The number of nitrogens with zero attached hydrogens (tertiary/aromatic N) is 1. The average molecular weight is 333 g/mol. The first-order valence-electron chi connectivity index (χ1n) is 8.32. The molecule has 3 saturated heterocycles. The third kappa shape index (κ3) is 4.00. The highest BCUT2D eigenvalue weighted by atomic mass is 32.2. The van der Waals surface area contributed by atoms with Gasteiger partial charge in [-0.2, -0.15) is 4.31 Å². The fraction of sp³-hybridized carbons (Fsp3) is 1.00. The molecule has 7 heteroatoms. The van der Waals surface area contributed by atoms with Gasteiger partial charge in [0.25, 0.3) is 0 Å². The van der Waals surface area contributed by atoms with Gasteiger partial charge in [0.15, 0.2) is 0 Å². The number of fused-ring (bicyclic) bond motifs is 1. The van der Waals surface area contributed by atoms with Gasteiger partial charge in [-0.3, -0.25) is 0 Å². The van der Waals surface area contributed by atoms with Crippen molar-refractivity contribution < 1.29 is 22.6 Å². The summed E-state index contributed by atoms with van der Waals surface area (Å²) in [5.41, 5.74) is 0. The molecule has 3 atom stereocenters. The highest BCUT2D eigenvalue weighted by Gasteiger charge is 2.43. The van der Waals surface area contributed by atoms with E-state index in [2.05, 4.69) is 0 Å². The summed E-state index contributed by atoms with van der Waals surface area (Å²) >= 11 is 0. The van der Waals surface area contributed by atoms with Crippen LogP contribution in [0.3, 0.4) is 0 Å². The fourth-order valence-electron chi connectivity index (χ4n) is 3.77. The smallest absolute Gasteiger partial charge is 0.211 e. The molecule has 3 heterocycles. The van der Waals surface area contributed by atoms with Crippen molar-refractivity contribution in [3.8, 4) is 0 Å². The van der Waals surface area contributed by atoms with Gasteiger partial charge in [0, 0.05) is 26.4 Å². The Labute approximate surface area is 133 Å². The summed E-state index contributed by atoms with van der Waals surface area (Å²) in [6.07, 6.45) is 6.16. The summed E-state index contributed by atoms with van der Waals surface area (Å²) < 4.78 is 42.4. The minimum Gasteiger partial charge on any atom is -0.381 e. The van der Waals surface area contributed by atoms with Crippen LogP contribution in [0.25, 0.3) is 0 Å². The average Bonchev–Trinajstić information content (AvgIpc) is 2.91. The Morgan fingerprint density at radius 3 is 2.59 bits per heavy atom. The SMILES string of the molecule is CS(=O)(=O)N1CC[C@@H]2O[C@@H](COCC3CCOCC3)CC[C@@H]21. The summed E-state index contributed by atoms with van der Waals surface area (Å²) in [7, 11) is -3.11. The lowest BCUT2D eigenvalue weighted by Crippen LogP contribution is -2.45. The van der Waals surface area contributed by atoms with Crippen molar-refractivity contribution in [1.82, 2.24) is 4.31 Å². The molecular weight excluding hydrogens is 306 g/mol. The highest BCUT2D eigenvalue weighted by Crippen LogP contribution is 2.33. The van der Waals surface area contributed by atoms with E-state index >= 15 is 0 Å². The van der Waals surface area contributed by atoms with Crippen LogP contribution in [0.15, 0.2) is 0 Å². The molecule has 3 rings (SSSR count). The molecular formula is C15H27NO5S. The molecule has 128 valence electrons. The molecule has 0 radical (unpaired) electrons. The van der Waals surface area contributed by atoms with Crippen molar-refractivity contribution in [2.45, 2.75) is 50.4 Å². The van der Waals surface area contributed by atoms with Gasteiger partial charge in [0.2, 0.25) is 10.0 Å². The molecule has 0 aliphatic carbocycles. The zero-order valence-electron chi connectivity index (χ0n) is 13.3. The quantitative estimate of drug-likeness (QED) is 0.751. The monoisotopic (exact) mass is 333 g/mol. The lowest BCUT2D eigenvalue weighted by molar-refractivity contribution is -0.0997. The van der Waals surface area contributed by atoms with E-state index in [9.17, 15) is 8.42 Å². The topological polar surface area (TPSA) is 65.1 Å². The third-order valence-electron chi connectivity index (χ3n) is 5.01. The summed E-state index contributed by atoms with van der Waals surface area (Å²) in [5.74, 6) is 0.609. The Hall–Kier alpha value is -0.210. The summed E-state index contributed by atoms with van der Waals surface area (Å²) in [5, 5.41) is 0. The van der Waals surface area contributed by atoms with E-state index in [1.165, 1.54) is 6.26 Å². The minimum absolute atomic E-state index is 0.0294. The predicted molar refractivity (Wildman–Crippen MR) is 82.2 cm³/mol. The summed E-state index contributed by atoms with van der Waals surface area (Å²) in [6.45, 7) is 3.69. The van der Waals surface area contributed by atoms with E-state index < -0.39 is 10.0 Å². The summed E-state index contributed by atoms with van der Waals surface area (Å²) in [4.78, 5) is 0. The molecule has 22 heavy (non-hydrogen) atoms. The fourth-order valence-corrected chi connectivity index (χ4v) is 4.94. The van der Waals surface area contributed by atoms with Crippen molar-refractivity contribution in [2.24, 2.45) is 5.92 Å². The van der Waals surface area contributed by atoms with E-state index in [1.807, 2.05) is 0 Å². The third-order valence-corrected chi connectivity index (χ3v) is 6.31. The normalized spacial score (nSPS) is 34.7. The second-order valence-electron chi connectivity index (χ2n) is 6.70. The largest absolute Gasteiger partial charge is 0.381 e. The molecule has 0 unspecified atom stereocenters. The predicted octanol–water partition coefficient (Wildman–Crippen LogP) is 1.01. The molecule has 0 N–H and O–H groups in total. The maximum absolute atomic E-state index is 11.8. The van der Waals surface area contributed by atoms with Gasteiger partial charge in [-0.25, -0.2) is 8.42 Å². The Kier molecular flexibility index (Phi) is 5.39. The molecule has 0 amide bonds. The Balaban J connectivity index is 1.41. The Morgan fingerprint density at radius 2 is 1.86 bits per heavy atom. The highest BCUT2D eigenvalue weighted by molar-refractivity contribution is 7.88. The van der Waals surface area contributed by atoms with Gasteiger partial charge >= 0.3 is 0 Å². The lowest BCUT2D eigenvalue weighted by Gasteiger charge is -2.35. The van der Waals surface area contributed by atoms with E-state index in [1.54, 1.807) is 4.31 Å². The first kappa shape index (κ1) is 16.6. The van der Waals surface area contributed by atoms with Crippen molar-refractivity contribution in [2.75, 3.05) is 39.2 Å². The van der Waals surface area contributed by atoms with Crippen LogP contribution in [0, 0.1) is 5.92 Å². The van der Waals surface area contributed by atoms with Crippen molar-refractivity contribution in [1.29, 1.82) is 0 Å². The molecule has 0 saturated carbocycles. The number of hydrogen-bond donors (Lipinski definition) is 0. The molecule has 6 nitrogen and oxygen atoms in total. The van der Waals surface area contributed by atoms with Crippen LogP contribution in [-0.4, -0.2) is 70.2 Å². The molecule has 0 aromatic rings. The van der Waals surface area contributed by atoms with Gasteiger partial charge in [-0.1, -0.05) is 0 Å². The Morgan fingerprint density at radius 1 is 1.09 bits per heavy atom. The molecule has 0 bridgehead atoms. The van der Waals surface area contributed by atoms with Crippen LogP contribution in [0.5, 0.6) is 0 Å². The van der Waals surface area contributed by atoms with Crippen LogP contribution < -0.4 is 0 Å². The van der Waals surface area contributed by atoms with Crippen LogP contribution in [0.4, 0.5) is 0 Å². The van der Waals surface area contributed by atoms with Crippen LogP contribution in [0.2, 0.25) is 0 Å². The van der Waals surface area contributed by atoms with E-state index in [0.29, 0.717) is 19.1 Å². The van der Waals surface area contributed by atoms with Crippen molar-refractivity contribution in [3.63, 3.8) is 0 Å².